The second kappa shape index (κ2) is 10.6. The van der Waals surface area contributed by atoms with Crippen molar-refractivity contribution in [3.05, 3.63) is 78.1 Å². The van der Waals surface area contributed by atoms with Gasteiger partial charge in [-0.3, -0.25) is 0 Å². The van der Waals surface area contributed by atoms with E-state index in [1.807, 2.05) is 6.07 Å². The summed E-state index contributed by atoms with van der Waals surface area (Å²) in [5.74, 6) is -0.330. The molecule has 0 spiro atoms. The summed E-state index contributed by atoms with van der Waals surface area (Å²) in [4.78, 5) is 14.6. The van der Waals surface area contributed by atoms with E-state index in [1.165, 1.54) is 28.5 Å². The first-order chi connectivity index (χ1) is 14.6. The van der Waals surface area contributed by atoms with Crippen LogP contribution in [0.4, 0.5) is 14.9 Å². The van der Waals surface area contributed by atoms with E-state index < -0.39 is 0 Å². The molecule has 2 N–H and O–H groups in total. The average Bonchev–Trinajstić information content (AvgIpc) is 2.78. The van der Waals surface area contributed by atoms with E-state index >= 15 is 0 Å². The van der Waals surface area contributed by atoms with E-state index in [0.29, 0.717) is 32.0 Å². The van der Waals surface area contributed by atoms with Crippen molar-refractivity contribution in [2.75, 3.05) is 31.6 Å². The van der Waals surface area contributed by atoms with Gasteiger partial charge in [0, 0.05) is 24.8 Å². The molecule has 0 saturated carbocycles. The number of fused-ring (bicyclic) bond motifs is 1. The van der Waals surface area contributed by atoms with Gasteiger partial charge in [0.2, 0.25) is 0 Å². The number of nitrogens with zero attached hydrogens (tertiary/aromatic N) is 1. The fourth-order valence-electron chi connectivity index (χ4n) is 3.87. The molecule has 1 heterocycles. The van der Waals surface area contributed by atoms with Gasteiger partial charge in [-0.1, -0.05) is 42.5 Å². The molecule has 4 rings (SSSR count). The van der Waals surface area contributed by atoms with E-state index in [2.05, 4.69) is 54.0 Å². The van der Waals surface area contributed by atoms with E-state index in [1.54, 1.807) is 17.0 Å². The highest BCUT2D eigenvalue weighted by Gasteiger charge is 2.27. The van der Waals surface area contributed by atoms with Gasteiger partial charge in [0.05, 0.1) is 19.3 Å². The van der Waals surface area contributed by atoms with Gasteiger partial charge in [-0.25, -0.2) is 9.18 Å². The monoisotopic (exact) mass is 443 g/mol. The standard InChI is InChI=1S/C24H26FN3O2.ClH/c1-17(22-8-4-6-18-5-2-3-7-23(18)22)26-15-21-16-30-14-13-28(21)24(29)27-20-11-9-19(25)10-12-20;/h2-12,17,21,26H,13-16H2,1H3,(H,27,29);1H/t17-,21?;/m1./s1. The number of amides is 2. The van der Waals surface area contributed by atoms with Gasteiger partial charge in [-0.15, -0.1) is 12.4 Å². The third kappa shape index (κ3) is 5.53. The Morgan fingerprint density at radius 1 is 1.13 bits per heavy atom. The van der Waals surface area contributed by atoms with Gasteiger partial charge in [0.1, 0.15) is 5.82 Å². The summed E-state index contributed by atoms with van der Waals surface area (Å²) in [6, 6.07) is 20.3. The van der Waals surface area contributed by atoms with Crippen molar-refractivity contribution in [3.8, 4) is 0 Å². The second-order valence-electron chi connectivity index (χ2n) is 7.56. The van der Waals surface area contributed by atoms with E-state index in [-0.39, 0.29) is 36.3 Å². The normalized spacial score (nSPS) is 17.1. The van der Waals surface area contributed by atoms with Gasteiger partial charge in [-0.2, -0.15) is 0 Å². The Morgan fingerprint density at radius 2 is 1.87 bits per heavy atom. The molecule has 1 unspecified atom stereocenters. The van der Waals surface area contributed by atoms with Crippen molar-refractivity contribution < 1.29 is 13.9 Å². The van der Waals surface area contributed by atoms with E-state index in [9.17, 15) is 9.18 Å². The lowest BCUT2D eigenvalue weighted by molar-refractivity contribution is 0.0151. The zero-order valence-electron chi connectivity index (χ0n) is 17.4. The van der Waals surface area contributed by atoms with E-state index in [0.717, 1.165) is 0 Å². The second-order valence-corrected chi connectivity index (χ2v) is 7.56. The first-order valence-corrected chi connectivity index (χ1v) is 10.2. The van der Waals surface area contributed by atoms with Crippen LogP contribution in [0.2, 0.25) is 0 Å². The van der Waals surface area contributed by atoms with Crippen LogP contribution in [0.1, 0.15) is 18.5 Å². The minimum Gasteiger partial charge on any atom is -0.377 e. The maximum atomic E-state index is 13.1. The van der Waals surface area contributed by atoms with Crippen LogP contribution in [0.5, 0.6) is 0 Å². The molecule has 0 aromatic heterocycles. The predicted octanol–water partition coefficient (Wildman–Crippen LogP) is 4.98. The van der Waals surface area contributed by atoms with Crippen LogP contribution in [0.15, 0.2) is 66.7 Å². The molecule has 164 valence electrons. The summed E-state index contributed by atoms with van der Waals surface area (Å²) >= 11 is 0. The topological polar surface area (TPSA) is 53.6 Å². The minimum absolute atomic E-state index is 0. The van der Waals surface area contributed by atoms with Crippen molar-refractivity contribution in [2.45, 2.75) is 19.0 Å². The molecule has 3 aromatic carbocycles. The molecular formula is C24H27ClFN3O2. The fourth-order valence-corrected chi connectivity index (χ4v) is 3.87. The summed E-state index contributed by atoms with van der Waals surface area (Å²) < 4.78 is 18.7. The van der Waals surface area contributed by atoms with Crippen LogP contribution in [0.25, 0.3) is 10.8 Å². The zero-order valence-corrected chi connectivity index (χ0v) is 18.2. The van der Waals surface area contributed by atoms with Gasteiger partial charge in [-0.05, 0) is 47.5 Å². The van der Waals surface area contributed by atoms with Crippen molar-refractivity contribution in [1.82, 2.24) is 10.2 Å². The average molecular weight is 444 g/mol. The van der Waals surface area contributed by atoms with Crippen LogP contribution >= 0.6 is 12.4 Å². The Bertz CT molecular complexity index is 1010. The van der Waals surface area contributed by atoms with Crippen LogP contribution in [-0.4, -0.2) is 43.3 Å². The van der Waals surface area contributed by atoms with Crippen LogP contribution in [0, 0.1) is 5.82 Å². The molecule has 0 aliphatic carbocycles. The number of urea groups is 1. The molecule has 31 heavy (non-hydrogen) atoms. The summed E-state index contributed by atoms with van der Waals surface area (Å²) in [5, 5.41) is 8.86. The summed E-state index contributed by atoms with van der Waals surface area (Å²) in [6.45, 7) is 4.25. The Balaban J connectivity index is 0.00000272. The molecular weight excluding hydrogens is 417 g/mol. The number of halogens is 2. The summed E-state index contributed by atoms with van der Waals surface area (Å²) in [5.41, 5.74) is 1.80. The molecule has 1 aliphatic rings. The number of rotatable bonds is 5. The highest BCUT2D eigenvalue weighted by Crippen LogP contribution is 2.24. The number of ether oxygens (including phenoxy) is 1. The largest absolute Gasteiger partial charge is 0.377 e. The molecule has 2 amide bonds. The number of carbonyl (C=O) groups excluding carboxylic acids is 1. The molecule has 3 aromatic rings. The number of nitrogens with one attached hydrogen (secondary N) is 2. The summed E-state index contributed by atoms with van der Waals surface area (Å²) in [6.07, 6.45) is 0. The smallest absolute Gasteiger partial charge is 0.322 e. The molecule has 1 aliphatic heterocycles. The fraction of sp³-hybridized carbons (Fsp3) is 0.292. The molecule has 0 bridgehead atoms. The van der Waals surface area contributed by atoms with Crippen molar-refractivity contribution in [2.24, 2.45) is 0 Å². The molecule has 0 radical (unpaired) electrons. The SMILES string of the molecule is C[C@@H](NCC1COCCN1C(=O)Nc1ccc(F)cc1)c1cccc2ccccc12.Cl. The number of hydrogen-bond acceptors (Lipinski definition) is 3. The van der Waals surface area contributed by atoms with Crippen molar-refractivity contribution in [3.63, 3.8) is 0 Å². The summed E-state index contributed by atoms with van der Waals surface area (Å²) in [7, 11) is 0. The van der Waals surface area contributed by atoms with Crippen LogP contribution in [-0.2, 0) is 4.74 Å². The van der Waals surface area contributed by atoms with Crippen molar-refractivity contribution >= 4 is 34.9 Å². The predicted molar refractivity (Wildman–Crippen MR) is 124 cm³/mol. The molecule has 5 nitrogen and oxygen atoms in total. The lowest BCUT2D eigenvalue weighted by Gasteiger charge is -2.36. The first kappa shape index (κ1) is 23.0. The number of morpholine rings is 1. The number of anilines is 1. The molecule has 1 fully saturated rings. The van der Waals surface area contributed by atoms with Crippen LogP contribution < -0.4 is 10.6 Å². The van der Waals surface area contributed by atoms with Gasteiger partial charge in [0.15, 0.2) is 0 Å². The molecule has 7 heteroatoms. The van der Waals surface area contributed by atoms with E-state index in [4.69, 9.17) is 4.74 Å². The Kier molecular flexibility index (Phi) is 7.85. The van der Waals surface area contributed by atoms with Gasteiger partial charge >= 0.3 is 6.03 Å². The number of carbonyl (C=O) groups is 1. The zero-order chi connectivity index (χ0) is 20.9. The van der Waals surface area contributed by atoms with Crippen molar-refractivity contribution in [1.29, 1.82) is 0 Å². The van der Waals surface area contributed by atoms with Gasteiger partial charge < -0.3 is 20.3 Å². The highest BCUT2D eigenvalue weighted by molar-refractivity contribution is 5.89. The third-order valence-corrected chi connectivity index (χ3v) is 5.53. The number of hydrogen-bond donors (Lipinski definition) is 2. The number of benzene rings is 3. The van der Waals surface area contributed by atoms with Crippen LogP contribution in [0.3, 0.4) is 0 Å². The maximum Gasteiger partial charge on any atom is 0.322 e. The molecule has 2 atom stereocenters. The maximum absolute atomic E-state index is 13.1. The lowest BCUT2D eigenvalue weighted by atomic mass is 9.99. The Labute approximate surface area is 188 Å². The Morgan fingerprint density at radius 3 is 2.68 bits per heavy atom. The Hall–Kier alpha value is -2.67. The highest BCUT2D eigenvalue weighted by atomic mass is 35.5. The quantitative estimate of drug-likeness (QED) is 0.584. The minimum atomic E-state index is -0.330. The first-order valence-electron chi connectivity index (χ1n) is 10.2. The van der Waals surface area contributed by atoms with Gasteiger partial charge in [0.25, 0.3) is 0 Å². The lowest BCUT2D eigenvalue weighted by Crippen LogP contribution is -2.54. The third-order valence-electron chi connectivity index (χ3n) is 5.53. The molecule has 1 saturated heterocycles.